The zero-order chi connectivity index (χ0) is 11.4. The van der Waals surface area contributed by atoms with Crippen molar-refractivity contribution in [1.82, 2.24) is 9.55 Å². The van der Waals surface area contributed by atoms with Gasteiger partial charge in [-0.05, 0) is 18.2 Å². The normalized spacial score (nSPS) is 12.1. The maximum absolute atomic E-state index is 12.3. The van der Waals surface area contributed by atoms with E-state index < -0.39 is 0 Å². The van der Waals surface area contributed by atoms with E-state index in [-0.39, 0.29) is 13.3 Å². The maximum Gasteiger partial charge on any atom is 0.264 e. The third kappa shape index (κ3) is 1.13. The molecule has 18 heavy (non-hydrogen) atoms. The number of hydrogen-bond donors (Lipinski definition) is 0. The predicted molar refractivity (Wildman–Crippen MR) is 71.6 cm³/mol. The van der Waals surface area contributed by atoms with Gasteiger partial charge in [-0.3, -0.25) is 9.36 Å². The number of nitrogens with zero attached hydrogens (tertiary/aromatic N) is 2. The summed E-state index contributed by atoms with van der Waals surface area (Å²) >= 11 is 0. The first-order chi connectivity index (χ1) is 8.36. The fraction of sp³-hybridized carbons (Fsp3) is 0.0667. The average molecular weight is 236 g/mol. The highest BCUT2D eigenvalue weighted by Gasteiger charge is 2.29. The van der Waals surface area contributed by atoms with E-state index in [9.17, 15) is 4.79 Å². The second-order valence-electron chi connectivity index (χ2n) is 4.11. The highest BCUT2D eigenvalue weighted by Crippen LogP contribution is 2.33. The molecule has 3 aromatic rings. The summed E-state index contributed by atoms with van der Waals surface area (Å²) < 4.78 is 1.69. The van der Waals surface area contributed by atoms with E-state index in [0.717, 1.165) is 28.0 Å². The van der Waals surface area contributed by atoms with Crippen molar-refractivity contribution in [1.29, 1.82) is 0 Å². The minimum Gasteiger partial charge on any atom is -0.268 e. The van der Waals surface area contributed by atoms with Crippen molar-refractivity contribution in [2.24, 2.45) is 0 Å². The van der Waals surface area contributed by atoms with Crippen LogP contribution in [0.25, 0.3) is 22.4 Å². The first-order valence-corrected chi connectivity index (χ1v) is 5.48. The Morgan fingerprint density at radius 3 is 2.39 bits per heavy atom. The van der Waals surface area contributed by atoms with E-state index in [4.69, 9.17) is 0 Å². The Labute approximate surface area is 105 Å². The molecule has 1 aliphatic rings. The Morgan fingerprint density at radius 2 is 1.56 bits per heavy atom. The summed E-state index contributed by atoms with van der Waals surface area (Å²) in [5.41, 5.74) is 3.41. The van der Waals surface area contributed by atoms with Gasteiger partial charge in [0.2, 0.25) is 0 Å². The van der Waals surface area contributed by atoms with Gasteiger partial charge in [-0.25, -0.2) is 4.98 Å². The third-order valence-electron chi connectivity index (χ3n) is 3.16. The van der Waals surface area contributed by atoms with E-state index in [1.807, 2.05) is 48.5 Å². The molecule has 1 aromatic heterocycles. The number of aromatic nitrogens is 2. The van der Waals surface area contributed by atoms with Crippen molar-refractivity contribution in [3.8, 4) is 11.4 Å². The lowest BCUT2D eigenvalue weighted by molar-refractivity contribution is 0.0973. The quantitative estimate of drug-likeness (QED) is 0.469. The lowest BCUT2D eigenvalue weighted by Crippen LogP contribution is -2.05. The van der Waals surface area contributed by atoms with Crippen molar-refractivity contribution in [3.05, 3.63) is 54.1 Å². The molecule has 0 saturated carbocycles. The number of carbonyl (C=O) groups is 1. The molecule has 0 saturated heterocycles. The smallest absolute Gasteiger partial charge is 0.264 e. The fourth-order valence-electron chi connectivity index (χ4n) is 2.40. The fourth-order valence-corrected chi connectivity index (χ4v) is 2.40. The molecule has 4 rings (SSSR count). The van der Waals surface area contributed by atoms with E-state index in [1.165, 1.54) is 0 Å². The standard InChI is InChI=1S/C14H8N2O.CH4/c17-14-10-6-2-1-5-9(10)13-15-11-7-3-4-8-12(11)16(13)14;/h1-8H;1H4. The minimum absolute atomic E-state index is 0. The summed E-state index contributed by atoms with van der Waals surface area (Å²) in [4.78, 5) is 16.8. The van der Waals surface area contributed by atoms with Crippen LogP contribution in [-0.2, 0) is 0 Å². The summed E-state index contributed by atoms with van der Waals surface area (Å²) in [7, 11) is 0. The summed E-state index contributed by atoms with van der Waals surface area (Å²) in [6, 6.07) is 15.3. The van der Waals surface area contributed by atoms with Crippen LogP contribution in [0.4, 0.5) is 0 Å². The Balaban J connectivity index is 0.000001000. The molecule has 0 radical (unpaired) electrons. The third-order valence-corrected chi connectivity index (χ3v) is 3.16. The van der Waals surface area contributed by atoms with Crippen LogP contribution in [0, 0.1) is 0 Å². The van der Waals surface area contributed by atoms with Gasteiger partial charge in [0.05, 0.1) is 16.6 Å². The van der Waals surface area contributed by atoms with Gasteiger partial charge in [0, 0.05) is 5.56 Å². The van der Waals surface area contributed by atoms with Crippen LogP contribution >= 0.6 is 0 Å². The van der Waals surface area contributed by atoms with Crippen LogP contribution in [-0.4, -0.2) is 15.5 Å². The van der Waals surface area contributed by atoms with Gasteiger partial charge in [-0.15, -0.1) is 0 Å². The van der Waals surface area contributed by atoms with Crippen LogP contribution in [0.1, 0.15) is 17.8 Å². The van der Waals surface area contributed by atoms with Crippen molar-refractivity contribution in [2.45, 2.75) is 7.43 Å². The van der Waals surface area contributed by atoms with Crippen molar-refractivity contribution < 1.29 is 4.79 Å². The molecule has 0 fully saturated rings. The van der Waals surface area contributed by atoms with Gasteiger partial charge in [0.1, 0.15) is 5.82 Å². The minimum atomic E-state index is 0. The molecule has 0 N–H and O–H groups in total. The molecule has 0 amide bonds. The predicted octanol–water partition coefficient (Wildman–Crippen LogP) is 3.34. The van der Waals surface area contributed by atoms with E-state index in [1.54, 1.807) is 4.57 Å². The van der Waals surface area contributed by atoms with E-state index >= 15 is 0 Å². The van der Waals surface area contributed by atoms with Crippen molar-refractivity contribution in [3.63, 3.8) is 0 Å². The molecular formula is C15H12N2O. The average Bonchev–Trinajstić information content (AvgIpc) is 2.88. The topological polar surface area (TPSA) is 34.9 Å². The number of imidazole rings is 1. The van der Waals surface area contributed by atoms with Gasteiger partial charge in [-0.2, -0.15) is 0 Å². The van der Waals surface area contributed by atoms with E-state index in [0.29, 0.717) is 0 Å². The molecule has 0 atom stereocenters. The largest absolute Gasteiger partial charge is 0.268 e. The lowest BCUT2D eigenvalue weighted by atomic mass is 10.1. The molecule has 3 heteroatoms. The Kier molecular flexibility index (Phi) is 2.10. The van der Waals surface area contributed by atoms with Crippen molar-refractivity contribution >= 4 is 16.9 Å². The van der Waals surface area contributed by atoms with Gasteiger partial charge in [-0.1, -0.05) is 37.8 Å². The van der Waals surface area contributed by atoms with Crippen LogP contribution in [0.5, 0.6) is 0 Å². The molecule has 0 unspecified atom stereocenters. The molecule has 2 aromatic carbocycles. The molecular weight excluding hydrogens is 224 g/mol. The SMILES string of the molecule is C.O=C1c2ccccc2-c2nc3ccccc3n21. The number of para-hydroxylation sites is 2. The second kappa shape index (κ2) is 3.53. The number of rotatable bonds is 0. The highest BCUT2D eigenvalue weighted by atomic mass is 16.2. The highest BCUT2D eigenvalue weighted by molar-refractivity contribution is 6.12. The van der Waals surface area contributed by atoms with Gasteiger partial charge >= 0.3 is 0 Å². The lowest BCUT2D eigenvalue weighted by Gasteiger charge is -1.96. The number of fused-ring (bicyclic) bond motifs is 5. The van der Waals surface area contributed by atoms with Gasteiger partial charge < -0.3 is 0 Å². The summed E-state index contributed by atoms with van der Waals surface area (Å²) in [5, 5.41) is 0. The summed E-state index contributed by atoms with van der Waals surface area (Å²) in [5.74, 6) is 0.774. The monoisotopic (exact) mass is 236 g/mol. The number of benzene rings is 2. The van der Waals surface area contributed by atoms with Crippen LogP contribution in [0.15, 0.2) is 48.5 Å². The zero-order valence-corrected chi connectivity index (χ0v) is 8.92. The van der Waals surface area contributed by atoms with Crippen LogP contribution in [0.3, 0.4) is 0 Å². The Hall–Kier alpha value is -2.42. The van der Waals surface area contributed by atoms with E-state index in [2.05, 4.69) is 4.98 Å². The summed E-state index contributed by atoms with van der Waals surface area (Å²) in [6.45, 7) is 0. The molecule has 0 aliphatic carbocycles. The number of carbonyl (C=O) groups excluding carboxylic acids is 1. The number of hydrogen-bond acceptors (Lipinski definition) is 2. The molecule has 0 spiro atoms. The Morgan fingerprint density at radius 1 is 0.889 bits per heavy atom. The molecule has 88 valence electrons. The van der Waals surface area contributed by atoms with Crippen LogP contribution < -0.4 is 0 Å². The first kappa shape index (κ1) is 10.7. The molecule has 3 nitrogen and oxygen atoms in total. The maximum atomic E-state index is 12.3. The summed E-state index contributed by atoms with van der Waals surface area (Å²) in [6.07, 6.45) is 0. The van der Waals surface area contributed by atoms with Crippen molar-refractivity contribution in [2.75, 3.05) is 0 Å². The second-order valence-corrected chi connectivity index (χ2v) is 4.11. The zero-order valence-electron chi connectivity index (χ0n) is 8.92. The van der Waals surface area contributed by atoms with Gasteiger partial charge in [0.25, 0.3) is 5.91 Å². The first-order valence-electron chi connectivity index (χ1n) is 5.48. The van der Waals surface area contributed by atoms with Gasteiger partial charge in [0.15, 0.2) is 0 Å². The van der Waals surface area contributed by atoms with Crippen LogP contribution in [0.2, 0.25) is 0 Å². The molecule has 0 bridgehead atoms. The molecule has 1 aliphatic heterocycles. The Bertz CT molecular complexity index is 771. The molecule has 2 heterocycles.